The van der Waals surface area contributed by atoms with Crippen LogP contribution in [0.4, 0.5) is 5.69 Å². The van der Waals surface area contributed by atoms with E-state index in [1.807, 2.05) is 17.1 Å². The Kier molecular flexibility index (Phi) is 6.94. The Labute approximate surface area is 230 Å². The number of amides is 3. The number of hydrogen-bond donors (Lipinski definition) is 2. The van der Waals surface area contributed by atoms with Crippen LogP contribution in [0, 0.1) is 23.7 Å². The van der Waals surface area contributed by atoms with Crippen molar-refractivity contribution in [1.29, 1.82) is 0 Å². The van der Waals surface area contributed by atoms with Gasteiger partial charge in [-0.2, -0.15) is 0 Å². The van der Waals surface area contributed by atoms with Crippen molar-refractivity contribution < 1.29 is 23.9 Å². The van der Waals surface area contributed by atoms with Gasteiger partial charge >= 0.3 is 0 Å². The van der Waals surface area contributed by atoms with E-state index < -0.39 is 29.6 Å². The summed E-state index contributed by atoms with van der Waals surface area (Å²) >= 11 is 0. The fraction of sp³-hybridized carbons (Fsp3) is 0.645. The average Bonchev–Trinajstić information content (AvgIpc) is 3.59. The number of benzene rings is 1. The Hall–Kier alpha value is -2.87. The summed E-state index contributed by atoms with van der Waals surface area (Å²) in [6.07, 6.45) is 11.5. The lowest BCUT2D eigenvalue weighted by Gasteiger charge is -2.40. The lowest BCUT2D eigenvalue weighted by atomic mass is 9.73. The summed E-state index contributed by atoms with van der Waals surface area (Å²) in [5.41, 5.74) is -0.486. The molecule has 2 saturated carbocycles. The van der Waals surface area contributed by atoms with Gasteiger partial charge in [0.15, 0.2) is 0 Å². The highest BCUT2D eigenvalue weighted by Crippen LogP contribution is 2.56. The number of hydrogen-bond acceptors (Lipinski definition) is 5. The molecule has 8 atom stereocenters. The lowest BCUT2D eigenvalue weighted by Crippen LogP contribution is -2.59. The van der Waals surface area contributed by atoms with Crippen LogP contribution in [-0.2, 0) is 19.1 Å². The molecule has 1 spiro atoms. The van der Waals surface area contributed by atoms with Gasteiger partial charge in [0.2, 0.25) is 17.7 Å². The third-order valence-electron chi connectivity index (χ3n) is 10.2. The van der Waals surface area contributed by atoms with Crippen LogP contribution in [0.15, 0.2) is 36.4 Å². The van der Waals surface area contributed by atoms with Gasteiger partial charge in [-0.25, -0.2) is 0 Å². The third kappa shape index (κ3) is 4.35. The summed E-state index contributed by atoms with van der Waals surface area (Å²) in [5.74, 6) is -0.308. The Balaban J connectivity index is 1.30. The van der Waals surface area contributed by atoms with Gasteiger partial charge in [-0.05, 0) is 55.4 Å². The summed E-state index contributed by atoms with van der Waals surface area (Å²) in [4.78, 5) is 44.0. The van der Waals surface area contributed by atoms with Crippen molar-refractivity contribution in [3.63, 3.8) is 0 Å². The second-order valence-electron chi connectivity index (χ2n) is 12.3. The van der Waals surface area contributed by atoms with E-state index in [4.69, 9.17) is 9.47 Å². The van der Waals surface area contributed by atoms with Crippen LogP contribution in [0.1, 0.15) is 65.2 Å². The number of carbonyl (C=O) groups is 3. The minimum atomic E-state index is -1.12. The summed E-state index contributed by atoms with van der Waals surface area (Å²) in [5, 5.41) is 6.34. The van der Waals surface area contributed by atoms with Gasteiger partial charge in [-0.3, -0.25) is 14.4 Å². The molecule has 39 heavy (non-hydrogen) atoms. The van der Waals surface area contributed by atoms with Crippen LogP contribution in [0.2, 0.25) is 0 Å². The first-order valence-corrected chi connectivity index (χ1v) is 14.8. The summed E-state index contributed by atoms with van der Waals surface area (Å²) in [6, 6.07) is 6.44. The fourth-order valence-corrected chi connectivity index (χ4v) is 7.91. The van der Waals surface area contributed by atoms with Gasteiger partial charge in [-0.1, -0.05) is 58.1 Å². The number of rotatable bonds is 6. The molecule has 2 bridgehead atoms. The van der Waals surface area contributed by atoms with Gasteiger partial charge < -0.3 is 25.0 Å². The summed E-state index contributed by atoms with van der Waals surface area (Å²) in [7, 11) is 1.60. The number of likely N-dealkylation sites (tertiary alicyclic amines) is 1. The largest absolute Gasteiger partial charge is 0.497 e. The van der Waals surface area contributed by atoms with Crippen LogP contribution in [0.25, 0.3) is 0 Å². The highest BCUT2D eigenvalue weighted by atomic mass is 16.5. The number of nitrogens with one attached hydrogen (secondary N) is 2. The highest BCUT2D eigenvalue weighted by molar-refractivity contribution is 6.03. The maximum atomic E-state index is 14.3. The molecule has 210 valence electrons. The van der Waals surface area contributed by atoms with E-state index >= 15 is 0 Å². The number of anilines is 1. The predicted octanol–water partition coefficient (Wildman–Crippen LogP) is 4.06. The molecule has 8 nitrogen and oxygen atoms in total. The summed E-state index contributed by atoms with van der Waals surface area (Å²) in [6.45, 7) is 4.47. The number of nitrogens with zero attached hydrogens (tertiary/aromatic N) is 1. The highest BCUT2D eigenvalue weighted by Gasteiger charge is 2.73. The average molecular weight is 536 g/mol. The zero-order valence-corrected chi connectivity index (χ0v) is 23.2. The zero-order chi connectivity index (χ0) is 27.3. The Bertz CT molecular complexity index is 1150. The molecule has 5 unspecified atom stereocenters. The smallest absolute Gasteiger partial charge is 0.246 e. The molecule has 2 saturated heterocycles. The van der Waals surface area contributed by atoms with Crippen LogP contribution < -0.4 is 15.4 Å². The van der Waals surface area contributed by atoms with E-state index in [1.54, 1.807) is 31.4 Å². The number of ether oxygens (including phenoxy) is 2. The van der Waals surface area contributed by atoms with E-state index in [1.165, 1.54) is 6.42 Å². The zero-order valence-electron chi connectivity index (χ0n) is 23.2. The normalized spacial score (nSPS) is 37.6. The van der Waals surface area contributed by atoms with E-state index in [0.717, 1.165) is 44.9 Å². The number of methoxy groups -OCH3 is 1. The Morgan fingerprint density at radius 1 is 1.00 bits per heavy atom. The standard InChI is InChI=1S/C31H41N3O5/c1-18-8-7-11-23(19(18)2)33-29(36)27-31-17-16-24(39-31)25(28(35)32-20-12-14-22(38-3)15-13-20)26(31)30(37)34(27)21-9-5-4-6-10-21/h12-19,21,23-27H,4-11H2,1-3H3,(H,32,35)(H,33,36)/t18?,19?,23?,24-,25?,26-,27?,31+/m1/s1. The molecule has 3 aliphatic heterocycles. The van der Waals surface area contributed by atoms with Gasteiger partial charge in [0, 0.05) is 17.8 Å². The lowest BCUT2D eigenvalue weighted by molar-refractivity contribution is -0.145. The molecule has 8 heteroatoms. The molecule has 1 aromatic rings. The topological polar surface area (TPSA) is 97.0 Å². The molecule has 0 radical (unpaired) electrons. The van der Waals surface area contributed by atoms with E-state index in [9.17, 15) is 14.4 Å². The van der Waals surface area contributed by atoms with Crippen molar-refractivity contribution in [3.05, 3.63) is 36.4 Å². The first-order valence-electron chi connectivity index (χ1n) is 14.8. The molecule has 2 aliphatic carbocycles. The van der Waals surface area contributed by atoms with Crippen LogP contribution >= 0.6 is 0 Å². The molecule has 6 rings (SSSR count). The van der Waals surface area contributed by atoms with Crippen molar-refractivity contribution in [2.45, 2.75) is 95.0 Å². The minimum absolute atomic E-state index is 0.00831. The predicted molar refractivity (Wildman–Crippen MR) is 147 cm³/mol. The molecule has 3 heterocycles. The van der Waals surface area contributed by atoms with Crippen molar-refractivity contribution in [2.24, 2.45) is 23.7 Å². The first kappa shape index (κ1) is 26.4. The van der Waals surface area contributed by atoms with Gasteiger partial charge in [0.05, 0.1) is 25.0 Å². The summed E-state index contributed by atoms with van der Waals surface area (Å²) < 4.78 is 11.8. The quantitative estimate of drug-likeness (QED) is 0.536. The maximum Gasteiger partial charge on any atom is 0.246 e. The Morgan fingerprint density at radius 2 is 1.74 bits per heavy atom. The van der Waals surface area contributed by atoms with Gasteiger partial charge in [0.1, 0.15) is 17.4 Å². The second kappa shape index (κ2) is 10.3. The minimum Gasteiger partial charge on any atom is -0.497 e. The second-order valence-corrected chi connectivity index (χ2v) is 12.3. The molecule has 2 N–H and O–H groups in total. The molecular formula is C31H41N3O5. The molecule has 4 fully saturated rings. The van der Waals surface area contributed by atoms with Crippen LogP contribution in [0.3, 0.4) is 0 Å². The molecule has 1 aromatic carbocycles. The monoisotopic (exact) mass is 535 g/mol. The van der Waals surface area contributed by atoms with Crippen LogP contribution in [-0.4, -0.2) is 59.6 Å². The number of carbonyl (C=O) groups excluding carboxylic acids is 3. The molecule has 0 aromatic heterocycles. The molecule has 3 amide bonds. The van der Waals surface area contributed by atoms with Crippen molar-refractivity contribution in [3.8, 4) is 5.75 Å². The SMILES string of the molecule is COc1ccc(NC(=O)C2[C@H]3C=C[C@@]4(O3)C(C(=O)NC3CCCC(C)C3C)N(C3CCCCC3)C(=O)[C@@H]24)cc1. The van der Waals surface area contributed by atoms with E-state index in [2.05, 4.69) is 24.5 Å². The Morgan fingerprint density at radius 3 is 2.46 bits per heavy atom. The van der Waals surface area contributed by atoms with Crippen molar-refractivity contribution in [1.82, 2.24) is 10.2 Å². The third-order valence-corrected chi connectivity index (χ3v) is 10.2. The fourth-order valence-electron chi connectivity index (χ4n) is 7.91. The van der Waals surface area contributed by atoms with Crippen molar-refractivity contribution >= 4 is 23.4 Å². The van der Waals surface area contributed by atoms with Gasteiger partial charge in [0.25, 0.3) is 0 Å². The van der Waals surface area contributed by atoms with Gasteiger partial charge in [-0.15, -0.1) is 0 Å². The maximum absolute atomic E-state index is 14.3. The van der Waals surface area contributed by atoms with E-state index in [-0.39, 0.29) is 29.8 Å². The van der Waals surface area contributed by atoms with E-state index in [0.29, 0.717) is 23.3 Å². The van der Waals surface area contributed by atoms with Crippen LogP contribution in [0.5, 0.6) is 5.75 Å². The molecular weight excluding hydrogens is 494 g/mol. The number of fused-ring (bicyclic) bond motifs is 1. The molecule has 5 aliphatic rings. The van der Waals surface area contributed by atoms with Crippen molar-refractivity contribution in [2.75, 3.05) is 12.4 Å². The first-order chi connectivity index (χ1) is 18.8.